The molecule has 1 saturated heterocycles. The Morgan fingerprint density at radius 2 is 1.93 bits per heavy atom. The van der Waals surface area contributed by atoms with Gasteiger partial charge in [0.25, 0.3) is 0 Å². The molecule has 1 aliphatic heterocycles. The van der Waals surface area contributed by atoms with E-state index in [1.165, 1.54) is 18.9 Å². The molecule has 0 amide bonds. The first kappa shape index (κ1) is 19.3. The van der Waals surface area contributed by atoms with Gasteiger partial charge < -0.3 is 14.3 Å². The van der Waals surface area contributed by atoms with Gasteiger partial charge in [-0.05, 0) is 48.1 Å². The van der Waals surface area contributed by atoms with Crippen LogP contribution in [0.2, 0.25) is 0 Å². The topological polar surface area (TPSA) is 62.9 Å². The predicted octanol–water partition coefficient (Wildman–Crippen LogP) is 4.68. The number of ether oxygens (including phenoxy) is 1. The summed E-state index contributed by atoms with van der Waals surface area (Å²) in [5, 5.41) is 10.0. The molecule has 0 bridgehead atoms. The molecule has 1 saturated carbocycles. The number of aliphatic carboxylic acids is 1. The first-order valence-corrected chi connectivity index (χ1v) is 10.4. The van der Waals surface area contributed by atoms with Crippen molar-refractivity contribution in [2.75, 3.05) is 19.7 Å². The summed E-state index contributed by atoms with van der Waals surface area (Å²) in [5.41, 5.74) is 2.98. The molecule has 1 aromatic heterocycles. The summed E-state index contributed by atoms with van der Waals surface area (Å²) in [6.07, 6.45) is 2.50. The molecule has 2 aromatic carbocycles. The van der Waals surface area contributed by atoms with Crippen LogP contribution >= 0.6 is 0 Å². The smallest absolute Gasteiger partial charge is 0.309 e. The Labute approximate surface area is 174 Å². The molecule has 30 heavy (non-hydrogen) atoms. The fourth-order valence-electron chi connectivity index (χ4n) is 4.06. The third-order valence-electron chi connectivity index (χ3n) is 6.01. The molecule has 0 radical (unpaired) electrons. The fourth-order valence-corrected chi connectivity index (χ4v) is 4.06. The molecule has 1 aliphatic carbocycles. The number of carboxylic acids is 1. The summed E-state index contributed by atoms with van der Waals surface area (Å²) in [4.78, 5) is 13.1. The Kier molecular flexibility index (Phi) is 5.05. The third-order valence-corrected chi connectivity index (χ3v) is 6.01. The van der Waals surface area contributed by atoms with E-state index in [4.69, 9.17) is 14.3 Å². The maximum atomic E-state index is 14.8. The number of rotatable bonds is 8. The average Bonchev–Trinajstić information content (AvgIpc) is 3.40. The predicted molar refractivity (Wildman–Crippen MR) is 110 cm³/mol. The van der Waals surface area contributed by atoms with E-state index in [1.54, 1.807) is 6.07 Å². The van der Waals surface area contributed by atoms with Gasteiger partial charge in [0.05, 0.1) is 18.1 Å². The van der Waals surface area contributed by atoms with E-state index in [1.807, 2.05) is 35.2 Å². The Morgan fingerprint density at radius 1 is 1.17 bits per heavy atom. The van der Waals surface area contributed by atoms with Crippen LogP contribution in [-0.4, -0.2) is 35.7 Å². The molecule has 2 heterocycles. The van der Waals surface area contributed by atoms with E-state index in [2.05, 4.69) is 0 Å². The quantitative estimate of drug-likeness (QED) is 0.585. The summed E-state index contributed by atoms with van der Waals surface area (Å²) in [6.45, 7) is 2.75. The molecule has 5 rings (SSSR count). The number of nitrogens with zero attached hydrogens (tertiary/aromatic N) is 1. The van der Waals surface area contributed by atoms with Crippen LogP contribution in [0.15, 0.2) is 46.9 Å². The van der Waals surface area contributed by atoms with Gasteiger partial charge in [-0.2, -0.15) is 0 Å². The molecule has 0 unspecified atom stereocenters. The van der Waals surface area contributed by atoms with Gasteiger partial charge in [-0.1, -0.05) is 24.3 Å². The van der Waals surface area contributed by atoms with Gasteiger partial charge in [0.15, 0.2) is 0 Å². The van der Waals surface area contributed by atoms with Crippen LogP contribution in [0.3, 0.4) is 0 Å². The summed E-state index contributed by atoms with van der Waals surface area (Å²) in [6, 6.07) is 12.7. The second-order valence-electron chi connectivity index (χ2n) is 8.40. The van der Waals surface area contributed by atoms with Crippen LogP contribution in [0.25, 0.3) is 22.3 Å². The van der Waals surface area contributed by atoms with Crippen LogP contribution in [0.1, 0.15) is 24.0 Å². The minimum Gasteiger partial charge on any atom is -0.481 e. The number of likely N-dealkylation sites (tertiary alicyclic amines) is 1. The SMILES string of the molecule is O=C(O)C1CN(Cc2cccc(F)c2-c2cc3c(COCC4CC4)cccc3o2)C1. The highest BCUT2D eigenvalue weighted by Gasteiger charge is 2.33. The van der Waals surface area contributed by atoms with Crippen molar-refractivity contribution in [1.82, 2.24) is 4.90 Å². The van der Waals surface area contributed by atoms with Crippen molar-refractivity contribution >= 4 is 16.9 Å². The summed E-state index contributed by atoms with van der Waals surface area (Å²) in [7, 11) is 0. The van der Waals surface area contributed by atoms with E-state index in [-0.39, 0.29) is 11.7 Å². The van der Waals surface area contributed by atoms with Crippen LogP contribution in [0.4, 0.5) is 4.39 Å². The van der Waals surface area contributed by atoms with E-state index in [9.17, 15) is 9.18 Å². The summed E-state index contributed by atoms with van der Waals surface area (Å²) < 4.78 is 26.7. The minimum absolute atomic E-state index is 0.339. The van der Waals surface area contributed by atoms with Gasteiger partial charge in [-0.3, -0.25) is 9.69 Å². The van der Waals surface area contributed by atoms with Crippen molar-refractivity contribution in [3.63, 3.8) is 0 Å². The largest absolute Gasteiger partial charge is 0.481 e. The Bertz CT molecular complexity index is 1080. The van der Waals surface area contributed by atoms with Crippen molar-refractivity contribution < 1.29 is 23.4 Å². The van der Waals surface area contributed by atoms with E-state index >= 15 is 0 Å². The lowest BCUT2D eigenvalue weighted by atomic mass is 9.97. The number of benzene rings is 2. The highest BCUT2D eigenvalue weighted by atomic mass is 19.1. The maximum absolute atomic E-state index is 14.8. The third kappa shape index (κ3) is 3.85. The molecule has 0 atom stereocenters. The Balaban J connectivity index is 1.41. The number of halogens is 1. The highest BCUT2D eigenvalue weighted by molar-refractivity contribution is 5.86. The standard InChI is InChI=1S/C24H24FNO4/c25-20-5-1-3-16(10-26-11-18(12-26)24(27)28)23(20)22-9-19-17(4-2-6-21(19)30-22)14-29-13-15-7-8-15/h1-6,9,15,18H,7-8,10-14H2,(H,27,28). The molecule has 156 valence electrons. The average molecular weight is 409 g/mol. The van der Waals surface area contributed by atoms with Crippen LogP contribution in [0, 0.1) is 17.7 Å². The van der Waals surface area contributed by atoms with Crippen molar-refractivity contribution in [2.24, 2.45) is 11.8 Å². The zero-order valence-corrected chi connectivity index (χ0v) is 16.6. The molecule has 1 N–H and O–H groups in total. The van der Waals surface area contributed by atoms with Gasteiger partial charge in [0.2, 0.25) is 0 Å². The molecule has 2 aliphatic rings. The lowest BCUT2D eigenvalue weighted by Crippen LogP contribution is -2.49. The van der Waals surface area contributed by atoms with E-state index in [0.29, 0.717) is 49.1 Å². The first-order chi connectivity index (χ1) is 14.6. The molecule has 2 fully saturated rings. The Morgan fingerprint density at radius 3 is 2.70 bits per heavy atom. The zero-order chi connectivity index (χ0) is 20.7. The molecule has 3 aromatic rings. The van der Waals surface area contributed by atoms with Crippen molar-refractivity contribution in [2.45, 2.75) is 26.0 Å². The second-order valence-corrected chi connectivity index (χ2v) is 8.40. The molecular weight excluding hydrogens is 385 g/mol. The maximum Gasteiger partial charge on any atom is 0.309 e. The fraction of sp³-hybridized carbons (Fsp3) is 0.375. The van der Waals surface area contributed by atoms with Gasteiger partial charge >= 0.3 is 5.97 Å². The van der Waals surface area contributed by atoms with Gasteiger partial charge in [-0.25, -0.2) is 4.39 Å². The molecular formula is C24H24FNO4. The molecule has 5 nitrogen and oxygen atoms in total. The van der Waals surface area contributed by atoms with Crippen LogP contribution in [-0.2, 0) is 22.7 Å². The van der Waals surface area contributed by atoms with Gasteiger partial charge in [0.1, 0.15) is 17.2 Å². The van der Waals surface area contributed by atoms with Crippen molar-refractivity contribution in [3.05, 3.63) is 59.4 Å². The minimum atomic E-state index is -0.778. The zero-order valence-electron chi connectivity index (χ0n) is 16.6. The number of fused-ring (bicyclic) bond motifs is 1. The van der Waals surface area contributed by atoms with Crippen molar-refractivity contribution in [1.29, 1.82) is 0 Å². The Hall–Kier alpha value is -2.70. The highest BCUT2D eigenvalue weighted by Crippen LogP contribution is 2.35. The first-order valence-electron chi connectivity index (χ1n) is 10.4. The number of hydrogen-bond acceptors (Lipinski definition) is 4. The summed E-state index contributed by atoms with van der Waals surface area (Å²) >= 11 is 0. The van der Waals surface area contributed by atoms with Gasteiger partial charge in [0, 0.05) is 31.6 Å². The summed E-state index contributed by atoms with van der Waals surface area (Å²) in [5.74, 6) is -0.269. The normalized spacial score (nSPS) is 17.4. The van der Waals surface area contributed by atoms with Crippen LogP contribution in [0.5, 0.6) is 0 Å². The van der Waals surface area contributed by atoms with Crippen LogP contribution < -0.4 is 0 Å². The number of furan rings is 1. The van der Waals surface area contributed by atoms with Crippen molar-refractivity contribution in [3.8, 4) is 11.3 Å². The lowest BCUT2D eigenvalue weighted by molar-refractivity contribution is -0.147. The van der Waals surface area contributed by atoms with E-state index in [0.717, 1.165) is 23.1 Å². The lowest BCUT2D eigenvalue weighted by Gasteiger charge is -2.36. The van der Waals surface area contributed by atoms with Gasteiger partial charge in [-0.15, -0.1) is 0 Å². The number of carbonyl (C=O) groups is 1. The second kappa shape index (κ2) is 7.85. The number of hydrogen-bond donors (Lipinski definition) is 1. The number of carboxylic acid groups (broad SMARTS) is 1. The molecule has 6 heteroatoms. The monoisotopic (exact) mass is 409 g/mol. The van der Waals surface area contributed by atoms with E-state index < -0.39 is 5.97 Å². The molecule has 0 spiro atoms.